The first-order valence-electron chi connectivity index (χ1n) is 4.49. The van der Waals surface area contributed by atoms with E-state index in [1.54, 1.807) is 0 Å². The van der Waals surface area contributed by atoms with E-state index in [0.717, 1.165) is 25.7 Å². The summed E-state index contributed by atoms with van der Waals surface area (Å²) in [7, 11) is 0. The Balaban J connectivity index is 3.02. The van der Waals surface area contributed by atoms with Gasteiger partial charge in [-0.25, -0.2) is 0 Å². The summed E-state index contributed by atoms with van der Waals surface area (Å²) in [5, 5.41) is 8.47. The van der Waals surface area contributed by atoms with Gasteiger partial charge in [-0.1, -0.05) is 0 Å². The van der Waals surface area contributed by atoms with Gasteiger partial charge in [0.1, 0.15) is 6.23 Å². The molecular formula is C8H20N2O2. The molecule has 1 unspecified atom stereocenters. The minimum Gasteiger partial charge on any atom is -0.396 e. The van der Waals surface area contributed by atoms with Crippen molar-refractivity contribution in [1.82, 2.24) is 0 Å². The fourth-order valence-electron chi connectivity index (χ4n) is 0.851. The van der Waals surface area contributed by atoms with Crippen molar-refractivity contribution < 1.29 is 9.84 Å². The van der Waals surface area contributed by atoms with Crippen molar-refractivity contribution in [1.29, 1.82) is 0 Å². The van der Waals surface area contributed by atoms with E-state index in [9.17, 15) is 0 Å². The molecule has 0 fully saturated rings. The van der Waals surface area contributed by atoms with Crippen LogP contribution >= 0.6 is 0 Å². The molecule has 4 heteroatoms. The molecule has 0 aromatic rings. The van der Waals surface area contributed by atoms with Gasteiger partial charge in [0.25, 0.3) is 0 Å². The summed E-state index contributed by atoms with van der Waals surface area (Å²) in [5.74, 6) is 0. The number of aliphatic hydroxyl groups excluding tert-OH is 1. The van der Waals surface area contributed by atoms with Crippen molar-refractivity contribution in [3.8, 4) is 0 Å². The predicted octanol–water partition coefficient (Wildman–Crippen LogP) is -0.201. The van der Waals surface area contributed by atoms with Crippen LogP contribution in [0.1, 0.15) is 25.7 Å². The average molecular weight is 176 g/mol. The number of rotatable bonds is 8. The summed E-state index contributed by atoms with van der Waals surface area (Å²) in [5.41, 5.74) is 10.9. The third kappa shape index (κ3) is 7.94. The van der Waals surface area contributed by atoms with Gasteiger partial charge >= 0.3 is 0 Å². The molecule has 0 saturated heterocycles. The Labute approximate surface area is 73.9 Å². The second-order valence-electron chi connectivity index (χ2n) is 2.77. The number of ether oxygens (including phenoxy) is 1. The lowest BCUT2D eigenvalue weighted by molar-refractivity contribution is 0.0466. The summed E-state index contributed by atoms with van der Waals surface area (Å²) in [6.07, 6.45) is 3.18. The van der Waals surface area contributed by atoms with Crippen LogP contribution in [0.25, 0.3) is 0 Å². The fourth-order valence-corrected chi connectivity index (χ4v) is 0.851. The van der Waals surface area contributed by atoms with E-state index in [4.69, 9.17) is 21.3 Å². The monoisotopic (exact) mass is 176 g/mol. The lowest BCUT2D eigenvalue weighted by Gasteiger charge is -2.11. The van der Waals surface area contributed by atoms with Crippen LogP contribution in [0, 0.1) is 0 Å². The zero-order chi connectivity index (χ0) is 9.23. The maximum Gasteiger partial charge on any atom is 0.105 e. The Morgan fingerprint density at radius 1 is 1.25 bits per heavy atom. The third-order valence-electron chi connectivity index (χ3n) is 1.58. The number of hydrogen-bond donors (Lipinski definition) is 3. The second-order valence-corrected chi connectivity index (χ2v) is 2.77. The van der Waals surface area contributed by atoms with E-state index in [2.05, 4.69) is 0 Å². The molecule has 0 aliphatic heterocycles. The molecule has 12 heavy (non-hydrogen) atoms. The van der Waals surface area contributed by atoms with Crippen LogP contribution in [-0.4, -0.2) is 31.1 Å². The number of hydrogen-bond acceptors (Lipinski definition) is 4. The van der Waals surface area contributed by atoms with Crippen LogP contribution in [0.2, 0.25) is 0 Å². The van der Waals surface area contributed by atoms with Crippen molar-refractivity contribution in [3.63, 3.8) is 0 Å². The molecule has 0 aromatic heterocycles. The van der Waals surface area contributed by atoms with Crippen molar-refractivity contribution >= 4 is 0 Å². The van der Waals surface area contributed by atoms with Gasteiger partial charge in [0.15, 0.2) is 0 Å². The molecule has 0 spiro atoms. The van der Waals surface area contributed by atoms with Gasteiger partial charge in [-0.05, 0) is 32.2 Å². The van der Waals surface area contributed by atoms with E-state index >= 15 is 0 Å². The lowest BCUT2D eigenvalue weighted by atomic mass is 10.3. The van der Waals surface area contributed by atoms with Crippen LogP contribution in [0.15, 0.2) is 0 Å². The Kier molecular flexibility index (Phi) is 8.81. The average Bonchev–Trinajstić information content (AvgIpc) is 2.09. The van der Waals surface area contributed by atoms with E-state index in [1.165, 1.54) is 0 Å². The zero-order valence-electron chi connectivity index (χ0n) is 7.54. The molecule has 4 nitrogen and oxygen atoms in total. The van der Waals surface area contributed by atoms with Gasteiger partial charge in [0, 0.05) is 13.2 Å². The van der Waals surface area contributed by atoms with Crippen LogP contribution < -0.4 is 11.5 Å². The quantitative estimate of drug-likeness (QED) is 0.353. The molecule has 0 radical (unpaired) electrons. The SMILES string of the molecule is NCCCC(N)OCCCCO. The summed E-state index contributed by atoms with van der Waals surface area (Å²) in [4.78, 5) is 0. The first kappa shape index (κ1) is 11.8. The topological polar surface area (TPSA) is 81.5 Å². The third-order valence-corrected chi connectivity index (χ3v) is 1.58. The van der Waals surface area contributed by atoms with Crippen molar-refractivity contribution in [2.75, 3.05) is 19.8 Å². The maximum absolute atomic E-state index is 8.47. The molecule has 1 atom stereocenters. The molecule has 0 heterocycles. The van der Waals surface area contributed by atoms with Crippen LogP contribution in [0.3, 0.4) is 0 Å². The van der Waals surface area contributed by atoms with E-state index in [1.807, 2.05) is 0 Å². The van der Waals surface area contributed by atoms with Gasteiger partial charge in [0.05, 0.1) is 0 Å². The Morgan fingerprint density at radius 3 is 2.58 bits per heavy atom. The van der Waals surface area contributed by atoms with E-state index in [-0.39, 0.29) is 12.8 Å². The first-order chi connectivity index (χ1) is 5.81. The number of unbranched alkanes of at least 4 members (excludes halogenated alkanes) is 1. The molecule has 0 bridgehead atoms. The highest BCUT2D eigenvalue weighted by atomic mass is 16.5. The number of nitrogens with two attached hydrogens (primary N) is 2. The van der Waals surface area contributed by atoms with Crippen LogP contribution in [-0.2, 0) is 4.74 Å². The highest BCUT2D eigenvalue weighted by molar-refractivity contribution is 4.49. The minimum absolute atomic E-state index is 0.188. The smallest absolute Gasteiger partial charge is 0.105 e. The Hall–Kier alpha value is -0.160. The minimum atomic E-state index is -0.188. The Bertz CT molecular complexity index is 91.1. The van der Waals surface area contributed by atoms with E-state index < -0.39 is 0 Å². The summed E-state index contributed by atoms with van der Waals surface area (Å²) in [6, 6.07) is 0. The Morgan fingerprint density at radius 2 is 2.00 bits per heavy atom. The molecule has 0 amide bonds. The van der Waals surface area contributed by atoms with Gasteiger partial charge in [-0.2, -0.15) is 0 Å². The molecule has 74 valence electrons. The highest BCUT2D eigenvalue weighted by Gasteiger charge is 2.00. The van der Waals surface area contributed by atoms with Crippen LogP contribution in [0.5, 0.6) is 0 Å². The standard InChI is InChI=1S/C8H20N2O2/c9-5-3-4-8(10)12-7-2-1-6-11/h8,11H,1-7,9-10H2. The summed E-state index contributed by atoms with van der Waals surface area (Å²) < 4.78 is 5.26. The number of aliphatic hydroxyl groups is 1. The summed E-state index contributed by atoms with van der Waals surface area (Å²) >= 11 is 0. The molecule has 0 saturated carbocycles. The molecule has 0 aliphatic rings. The molecular weight excluding hydrogens is 156 g/mol. The second kappa shape index (κ2) is 8.93. The molecule has 0 rings (SSSR count). The normalized spacial score (nSPS) is 13.2. The highest BCUT2D eigenvalue weighted by Crippen LogP contribution is 1.97. The zero-order valence-corrected chi connectivity index (χ0v) is 7.54. The van der Waals surface area contributed by atoms with Gasteiger partial charge in [-0.3, -0.25) is 0 Å². The first-order valence-corrected chi connectivity index (χ1v) is 4.49. The van der Waals surface area contributed by atoms with Crippen molar-refractivity contribution in [3.05, 3.63) is 0 Å². The van der Waals surface area contributed by atoms with Gasteiger partial charge in [0.2, 0.25) is 0 Å². The summed E-state index contributed by atoms with van der Waals surface area (Å²) in [6.45, 7) is 1.52. The van der Waals surface area contributed by atoms with Crippen molar-refractivity contribution in [2.45, 2.75) is 31.9 Å². The molecule has 5 N–H and O–H groups in total. The van der Waals surface area contributed by atoms with E-state index in [0.29, 0.717) is 13.2 Å². The fraction of sp³-hybridized carbons (Fsp3) is 1.00. The van der Waals surface area contributed by atoms with Gasteiger partial charge in [-0.15, -0.1) is 0 Å². The largest absolute Gasteiger partial charge is 0.396 e. The molecule has 0 aliphatic carbocycles. The van der Waals surface area contributed by atoms with Gasteiger partial charge < -0.3 is 21.3 Å². The lowest BCUT2D eigenvalue weighted by Crippen LogP contribution is -2.25. The predicted molar refractivity (Wildman–Crippen MR) is 48.5 cm³/mol. The molecule has 0 aromatic carbocycles. The van der Waals surface area contributed by atoms with Crippen molar-refractivity contribution in [2.24, 2.45) is 11.5 Å². The van der Waals surface area contributed by atoms with Crippen LogP contribution in [0.4, 0.5) is 0 Å². The maximum atomic E-state index is 8.47.